The van der Waals surface area contributed by atoms with Crippen LogP contribution in [0.25, 0.3) is 0 Å². The number of carboxylic acid groups (broad SMARTS) is 1. The maximum Gasteiger partial charge on any atom is 0.335 e. The molecule has 0 aromatic heterocycles. The zero-order chi connectivity index (χ0) is 23.3. The van der Waals surface area contributed by atoms with Gasteiger partial charge in [0, 0.05) is 29.2 Å². The SMILES string of the molecule is O=C(O)c1ccc2c(c1)O[C@H]1C[C@@H](O)[C@H](/C=C/C(O)C3(c4c(F)cccc4F)CC3)[C@H]1CC2. The molecule has 2 aromatic carbocycles. The third-order valence-corrected chi connectivity index (χ3v) is 7.56. The van der Waals surface area contributed by atoms with Crippen molar-refractivity contribution in [3.8, 4) is 5.75 Å². The van der Waals surface area contributed by atoms with Crippen LogP contribution in [-0.2, 0) is 11.8 Å². The van der Waals surface area contributed by atoms with Gasteiger partial charge in [0.05, 0.1) is 17.8 Å². The molecule has 0 radical (unpaired) electrons. The van der Waals surface area contributed by atoms with Crippen molar-refractivity contribution in [2.75, 3.05) is 0 Å². The average molecular weight is 456 g/mol. The van der Waals surface area contributed by atoms with E-state index < -0.39 is 35.2 Å². The minimum absolute atomic E-state index is 0.0236. The van der Waals surface area contributed by atoms with Crippen molar-refractivity contribution in [2.24, 2.45) is 11.8 Å². The maximum atomic E-state index is 14.4. The van der Waals surface area contributed by atoms with E-state index in [9.17, 15) is 28.9 Å². The van der Waals surface area contributed by atoms with Crippen LogP contribution in [0, 0.1) is 23.5 Å². The van der Waals surface area contributed by atoms with Gasteiger partial charge in [0.2, 0.25) is 0 Å². The minimum Gasteiger partial charge on any atom is -0.490 e. The molecule has 7 heteroatoms. The second-order valence-electron chi connectivity index (χ2n) is 9.45. The predicted octanol–water partition coefficient (Wildman–Crippen LogP) is 4.00. The highest BCUT2D eigenvalue weighted by molar-refractivity contribution is 5.88. The van der Waals surface area contributed by atoms with Crippen LogP contribution >= 0.6 is 0 Å². The van der Waals surface area contributed by atoms with Gasteiger partial charge in [-0.15, -0.1) is 0 Å². The lowest BCUT2D eigenvalue weighted by atomic mass is 9.85. The number of carbonyl (C=O) groups is 1. The minimum atomic E-state index is -1.07. The second-order valence-corrected chi connectivity index (χ2v) is 9.45. The van der Waals surface area contributed by atoms with Crippen LogP contribution in [0.3, 0.4) is 0 Å². The Kier molecular flexibility index (Phi) is 5.49. The van der Waals surface area contributed by atoms with Crippen LogP contribution in [0.2, 0.25) is 0 Å². The molecule has 3 aliphatic rings. The molecule has 2 aromatic rings. The Morgan fingerprint density at radius 1 is 1.18 bits per heavy atom. The molecular formula is C26H26F2O5. The highest BCUT2D eigenvalue weighted by atomic mass is 19.1. The summed E-state index contributed by atoms with van der Waals surface area (Å²) < 4.78 is 34.9. The summed E-state index contributed by atoms with van der Waals surface area (Å²) in [6.07, 6.45) is 4.07. The largest absolute Gasteiger partial charge is 0.490 e. The normalized spacial score (nSPS) is 28.5. The molecule has 3 N–H and O–H groups in total. The summed E-state index contributed by atoms with van der Waals surface area (Å²) in [4.78, 5) is 11.3. The topological polar surface area (TPSA) is 87.0 Å². The van der Waals surface area contributed by atoms with Gasteiger partial charge in [-0.2, -0.15) is 0 Å². The molecule has 5 nitrogen and oxygen atoms in total. The first-order valence-corrected chi connectivity index (χ1v) is 11.3. The number of carboxylic acids is 1. The molecule has 5 atom stereocenters. The van der Waals surface area contributed by atoms with Crippen molar-refractivity contribution in [1.29, 1.82) is 0 Å². The first kappa shape index (κ1) is 22.0. The van der Waals surface area contributed by atoms with Crippen molar-refractivity contribution in [2.45, 2.75) is 55.8 Å². The van der Waals surface area contributed by atoms with Gasteiger partial charge in [-0.1, -0.05) is 24.3 Å². The number of halogens is 2. The summed E-state index contributed by atoms with van der Waals surface area (Å²) in [6.45, 7) is 0. The number of ether oxygens (including phenoxy) is 1. The summed E-state index contributed by atoms with van der Waals surface area (Å²) in [5.74, 6) is -2.10. The Morgan fingerprint density at radius 2 is 1.91 bits per heavy atom. The Bertz CT molecular complexity index is 1090. The highest BCUT2D eigenvalue weighted by Gasteiger charge is 2.53. The van der Waals surface area contributed by atoms with Gasteiger partial charge in [-0.3, -0.25) is 0 Å². The Morgan fingerprint density at radius 3 is 2.58 bits per heavy atom. The fraction of sp³-hybridized carbons (Fsp3) is 0.423. The molecule has 0 saturated heterocycles. The molecule has 5 rings (SSSR count). The smallest absolute Gasteiger partial charge is 0.335 e. The number of fused-ring (bicyclic) bond motifs is 2. The number of hydrogen-bond acceptors (Lipinski definition) is 4. The highest BCUT2D eigenvalue weighted by Crippen LogP contribution is 2.53. The van der Waals surface area contributed by atoms with E-state index >= 15 is 0 Å². The lowest BCUT2D eigenvalue weighted by Gasteiger charge is -2.24. The zero-order valence-electron chi connectivity index (χ0n) is 18.0. The number of aryl methyl sites for hydroxylation is 1. The molecule has 2 fully saturated rings. The number of aromatic carboxylic acids is 1. The van der Waals surface area contributed by atoms with Gasteiger partial charge >= 0.3 is 5.97 Å². The third kappa shape index (κ3) is 3.83. The van der Waals surface area contributed by atoms with Crippen LogP contribution < -0.4 is 4.74 Å². The first-order chi connectivity index (χ1) is 15.8. The summed E-state index contributed by atoms with van der Waals surface area (Å²) in [5, 5.41) is 30.9. The van der Waals surface area contributed by atoms with E-state index in [0.29, 0.717) is 31.4 Å². The van der Waals surface area contributed by atoms with Crippen molar-refractivity contribution in [1.82, 2.24) is 0 Å². The van der Waals surface area contributed by atoms with E-state index in [0.717, 1.165) is 12.0 Å². The van der Waals surface area contributed by atoms with E-state index in [1.807, 2.05) is 0 Å². The Hall–Kier alpha value is -2.77. The molecule has 1 unspecified atom stereocenters. The molecular weight excluding hydrogens is 430 g/mol. The lowest BCUT2D eigenvalue weighted by molar-refractivity contribution is 0.0695. The molecule has 0 bridgehead atoms. The van der Waals surface area contributed by atoms with Crippen LogP contribution in [0.5, 0.6) is 5.75 Å². The third-order valence-electron chi connectivity index (χ3n) is 7.56. The molecule has 2 aliphatic carbocycles. The molecule has 33 heavy (non-hydrogen) atoms. The number of aliphatic hydroxyl groups is 2. The van der Waals surface area contributed by atoms with Gasteiger partial charge in [-0.05, 0) is 55.5 Å². The van der Waals surface area contributed by atoms with Crippen LogP contribution in [-0.4, -0.2) is 39.6 Å². The molecule has 0 spiro atoms. The monoisotopic (exact) mass is 456 g/mol. The quantitative estimate of drug-likeness (QED) is 0.592. The number of hydrogen-bond donors (Lipinski definition) is 3. The van der Waals surface area contributed by atoms with E-state index in [1.54, 1.807) is 24.3 Å². The van der Waals surface area contributed by atoms with Crippen LogP contribution in [0.15, 0.2) is 48.6 Å². The number of benzene rings is 2. The molecule has 2 saturated carbocycles. The van der Waals surface area contributed by atoms with Gasteiger partial charge in [-0.25, -0.2) is 13.6 Å². The standard InChI is InChI=1S/C26H26F2O5/c27-18-2-1-3-19(28)24(18)26(10-11-26)23(30)9-8-16-17-7-6-14-4-5-15(25(31)32)12-21(14)33-22(17)13-20(16)29/h1-5,8-9,12,16-17,20,22-23,29-30H,6-7,10-11,13H2,(H,31,32)/b9-8+/t16-,17-,20-,22+,23?/m1/s1. The van der Waals surface area contributed by atoms with Crippen molar-refractivity contribution >= 4 is 5.97 Å². The molecule has 0 amide bonds. The van der Waals surface area contributed by atoms with Gasteiger partial charge in [0.15, 0.2) is 0 Å². The van der Waals surface area contributed by atoms with Gasteiger partial charge < -0.3 is 20.1 Å². The number of aliphatic hydroxyl groups excluding tert-OH is 2. The zero-order valence-corrected chi connectivity index (χ0v) is 18.0. The average Bonchev–Trinajstić information content (AvgIpc) is 3.53. The van der Waals surface area contributed by atoms with E-state index in [1.165, 1.54) is 24.3 Å². The van der Waals surface area contributed by atoms with Crippen molar-refractivity contribution in [3.63, 3.8) is 0 Å². The van der Waals surface area contributed by atoms with Gasteiger partial charge in [0.25, 0.3) is 0 Å². The molecule has 174 valence electrons. The van der Waals surface area contributed by atoms with E-state index in [4.69, 9.17) is 4.74 Å². The summed E-state index contributed by atoms with van der Waals surface area (Å²) >= 11 is 0. The molecule has 1 aliphatic heterocycles. The van der Waals surface area contributed by atoms with E-state index in [2.05, 4.69) is 0 Å². The summed E-state index contributed by atoms with van der Waals surface area (Å²) in [7, 11) is 0. The summed E-state index contributed by atoms with van der Waals surface area (Å²) in [5.41, 5.74) is 0.0340. The fourth-order valence-electron chi connectivity index (χ4n) is 5.60. The Labute approximate surface area is 190 Å². The lowest BCUT2D eigenvalue weighted by Crippen LogP contribution is -2.28. The Balaban J connectivity index is 1.35. The fourth-order valence-corrected chi connectivity index (χ4v) is 5.60. The predicted molar refractivity (Wildman–Crippen MR) is 116 cm³/mol. The summed E-state index contributed by atoms with van der Waals surface area (Å²) in [6, 6.07) is 8.58. The van der Waals surface area contributed by atoms with Crippen LogP contribution in [0.4, 0.5) is 8.78 Å². The molecule has 1 heterocycles. The van der Waals surface area contributed by atoms with Crippen LogP contribution in [0.1, 0.15) is 47.2 Å². The first-order valence-electron chi connectivity index (χ1n) is 11.3. The van der Waals surface area contributed by atoms with Crippen molar-refractivity contribution in [3.05, 3.63) is 76.9 Å². The second kappa shape index (κ2) is 8.22. The number of rotatable bonds is 5. The van der Waals surface area contributed by atoms with Crippen molar-refractivity contribution < 1.29 is 33.6 Å². The maximum absolute atomic E-state index is 14.4. The van der Waals surface area contributed by atoms with Gasteiger partial charge in [0.1, 0.15) is 23.5 Å². The van der Waals surface area contributed by atoms with E-state index in [-0.39, 0.29) is 29.1 Å².